The van der Waals surface area contributed by atoms with Crippen molar-refractivity contribution in [2.24, 2.45) is 11.8 Å². The SMILES string of the molecule is CCc1ccc(C(C(=O)NC(Cc2ccccc2)C(=O)OC(C)(C)C)N(C(=O)C(NC(=O)OC(C)(C)C)C(C)C)C(C)CCC(C)C)cc1. The molecule has 0 heterocycles. The van der Waals surface area contributed by atoms with Crippen LogP contribution in [0, 0.1) is 11.8 Å². The minimum Gasteiger partial charge on any atom is -0.458 e. The van der Waals surface area contributed by atoms with Crippen LogP contribution in [0.1, 0.15) is 119 Å². The van der Waals surface area contributed by atoms with Gasteiger partial charge in [0.1, 0.15) is 29.3 Å². The van der Waals surface area contributed by atoms with E-state index in [4.69, 9.17) is 9.47 Å². The number of benzene rings is 2. The lowest BCUT2D eigenvalue weighted by atomic mass is 9.94. The first-order valence-electron chi connectivity index (χ1n) is 17.7. The third kappa shape index (κ3) is 13.9. The van der Waals surface area contributed by atoms with Crippen molar-refractivity contribution in [2.45, 2.75) is 144 Å². The van der Waals surface area contributed by atoms with Crippen molar-refractivity contribution in [3.05, 3.63) is 71.3 Å². The molecule has 0 radical (unpaired) electrons. The highest BCUT2D eigenvalue weighted by atomic mass is 16.6. The molecular formula is C40H61N3O6. The van der Waals surface area contributed by atoms with Crippen molar-refractivity contribution in [3.63, 3.8) is 0 Å². The van der Waals surface area contributed by atoms with E-state index >= 15 is 0 Å². The molecule has 0 bridgehead atoms. The molecule has 4 atom stereocenters. The quantitative estimate of drug-likeness (QED) is 0.188. The monoisotopic (exact) mass is 679 g/mol. The van der Waals surface area contributed by atoms with Crippen molar-refractivity contribution < 1.29 is 28.7 Å². The van der Waals surface area contributed by atoms with E-state index in [0.717, 1.165) is 24.0 Å². The lowest BCUT2D eigenvalue weighted by Gasteiger charge is -2.40. The van der Waals surface area contributed by atoms with E-state index in [-0.39, 0.29) is 12.3 Å². The Labute approximate surface area is 294 Å². The van der Waals surface area contributed by atoms with Crippen molar-refractivity contribution in [1.29, 1.82) is 0 Å². The first kappa shape index (κ1) is 41.3. The summed E-state index contributed by atoms with van der Waals surface area (Å²) in [5, 5.41) is 5.79. The van der Waals surface area contributed by atoms with Gasteiger partial charge in [0.25, 0.3) is 0 Å². The van der Waals surface area contributed by atoms with Gasteiger partial charge in [-0.25, -0.2) is 9.59 Å². The van der Waals surface area contributed by atoms with E-state index in [1.54, 1.807) is 46.4 Å². The third-order valence-corrected chi connectivity index (χ3v) is 8.02. The molecule has 0 fully saturated rings. The first-order valence-corrected chi connectivity index (χ1v) is 17.7. The van der Waals surface area contributed by atoms with Gasteiger partial charge < -0.3 is 25.0 Å². The molecule has 0 aromatic heterocycles. The van der Waals surface area contributed by atoms with Gasteiger partial charge in [-0.15, -0.1) is 0 Å². The predicted molar refractivity (Wildman–Crippen MR) is 195 cm³/mol. The molecule has 0 aliphatic carbocycles. The van der Waals surface area contributed by atoms with Gasteiger partial charge in [0.05, 0.1) is 0 Å². The Morgan fingerprint density at radius 2 is 1.31 bits per heavy atom. The molecule has 2 aromatic carbocycles. The molecule has 272 valence electrons. The summed E-state index contributed by atoms with van der Waals surface area (Å²) in [5.41, 5.74) is 0.981. The summed E-state index contributed by atoms with van der Waals surface area (Å²) >= 11 is 0. The summed E-state index contributed by atoms with van der Waals surface area (Å²) in [6.45, 7) is 22.5. The zero-order chi connectivity index (χ0) is 37.1. The Morgan fingerprint density at radius 1 is 0.735 bits per heavy atom. The minimum absolute atomic E-state index is 0.203. The highest BCUT2D eigenvalue weighted by Gasteiger charge is 2.41. The Morgan fingerprint density at radius 3 is 1.80 bits per heavy atom. The van der Waals surface area contributed by atoms with Gasteiger partial charge in [0.15, 0.2) is 0 Å². The second kappa shape index (κ2) is 18.2. The van der Waals surface area contributed by atoms with Gasteiger partial charge in [0.2, 0.25) is 11.8 Å². The number of esters is 1. The van der Waals surface area contributed by atoms with Crippen LogP contribution >= 0.6 is 0 Å². The number of nitrogens with zero attached hydrogens (tertiary/aromatic N) is 1. The van der Waals surface area contributed by atoms with Gasteiger partial charge in [-0.3, -0.25) is 9.59 Å². The fourth-order valence-corrected chi connectivity index (χ4v) is 5.46. The molecule has 4 unspecified atom stereocenters. The second-order valence-electron chi connectivity index (χ2n) is 15.7. The smallest absolute Gasteiger partial charge is 0.408 e. The fourth-order valence-electron chi connectivity index (χ4n) is 5.46. The predicted octanol–water partition coefficient (Wildman–Crippen LogP) is 7.56. The van der Waals surface area contributed by atoms with Gasteiger partial charge >= 0.3 is 12.1 Å². The number of hydrogen-bond acceptors (Lipinski definition) is 6. The normalized spacial score (nSPS) is 14.4. The third-order valence-electron chi connectivity index (χ3n) is 8.02. The average molecular weight is 680 g/mol. The van der Waals surface area contributed by atoms with Gasteiger partial charge in [-0.1, -0.05) is 89.2 Å². The van der Waals surface area contributed by atoms with Crippen LogP contribution in [0.3, 0.4) is 0 Å². The molecule has 9 heteroatoms. The topological polar surface area (TPSA) is 114 Å². The molecule has 0 saturated heterocycles. The molecule has 9 nitrogen and oxygen atoms in total. The zero-order valence-corrected chi connectivity index (χ0v) is 31.9. The zero-order valence-electron chi connectivity index (χ0n) is 31.9. The van der Waals surface area contributed by atoms with Crippen LogP contribution < -0.4 is 10.6 Å². The number of ether oxygens (including phenoxy) is 2. The lowest BCUT2D eigenvalue weighted by Crippen LogP contribution is -2.58. The van der Waals surface area contributed by atoms with E-state index in [0.29, 0.717) is 17.9 Å². The van der Waals surface area contributed by atoms with Gasteiger partial charge in [-0.2, -0.15) is 0 Å². The number of aryl methyl sites for hydroxylation is 1. The van der Waals surface area contributed by atoms with Crippen LogP contribution in [0.2, 0.25) is 0 Å². The van der Waals surface area contributed by atoms with Gasteiger partial charge in [-0.05, 0) is 96.3 Å². The molecule has 0 saturated carbocycles. The summed E-state index contributed by atoms with van der Waals surface area (Å²) in [5.74, 6) is -1.45. The number of carbonyl (C=O) groups is 4. The Hall–Kier alpha value is -3.88. The minimum atomic E-state index is -1.11. The maximum absolute atomic E-state index is 14.8. The summed E-state index contributed by atoms with van der Waals surface area (Å²) in [6.07, 6.45) is 1.73. The van der Waals surface area contributed by atoms with E-state index in [9.17, 15) is 19.2 Å². The Bertz CT molecular complexity index is 1360. The molecule has 0 aliphatic rings. The summed E-state index contributed by atoms with van der Waals surface area (Å²) < 4.78 is 11.3. The van der Waals surface area contributed by atoms with Crippen LogP contribution in [-0.4, -0.2) is 58.1 Å². The number of hydrogen-bond donors (Lipinski definition) is 2. The van der Waals surface area contributed by atoms with Gasteiger partial charge in [0, 0.05) is 12.5 Å². The molecule has 0 aliphatic heterocycles. The summed E-state index contributed by atoms with van der Waals surface area (Å²) in [6, 6.07) is 13.6. The molecule has 3 amide bonds. The van der Waals surface area contributed by atoms with E-state index < -0.39 is 59.2 Å². The van der Waals surface area contributed by atoms with E-state index in [2.05, 4.69) is 24.5 Å². The van der Waals surface area contributed by atoms with Crippen LogP contribution in [0.5, 0.6) is 0 Å². The Balaban J connectivity index is 2.71. The first-order chi connectivity index (χ1) is 22.7. The van der Waals surface area contributed by atoms with Crippen LogP contribution in [0.4, 0.5) is 4.79 Å². The standard InChI is InChI=1S/C40H61N3O6/c1-13-29-21-23-31(24-22-29)34(35(44)41-32(37(46)48-39(7,8)9)25-30-17-15-14-16-18-30)43(28(6)20-19-26(2)3)36(45)33(27(4)5)42-38(47)49-40(10,11)12/h14-18,21-24,26-28,32-34H,13,19-20,25H2,1-12H3,(H,41,44)(H,42,47). The average Bonchev–Trinajstić information content (AvgIpc) is 2.99. The maximum atomic E-state index is 14.8. The van der Waals surface area contributed by atoms with Crippen LogP contribution in [-0.2, 0) is 36.7 Å². The fraction of sp³-hybridized carbons (Fsp3) is 0.600. The molecular weight excluding hydrogens is 618 g/mol. The highest BCUT2D eigenvalue weighted by molar-refractivity contribution is 5.94. The van der Waals surface area contributed by atoms with E-state index in [1.807, 2.05) is 82.3 Å². The summed E-state index contributed by atoms with van der Waals surface area (Å²) in [4.78, 5) is 57.7. The molecule has 2 N–H and O–H groups in total. The van der Waals surface area contributed by atoms with E-state index in [1.165, 1.54) is 0 Å². The molecule has 2 rings (SSSR count). The highest BCUT2D eigenvalue weighted by Crippen LogP contribution is 2.29. The Kier molecular flexibility index (Phi) is 15.3. The van der Waals surface area contributed by atoms with Crippen molar-refractivity contribution in [3.8, 4) is 0 Å². The second-order valence-corrected chi connectivity index (χ2v) is 15.7. The van der Waals surface area contributed by atoms with Crippen LogP contribution in [0.25, 0.3) is 0 Å². The molecule has 0 spiro atoms. The number of rotatable bonds is 15. The lowest BCUT2D eigenvalue weighted by molar-refractivity contribution is -0.159. The number of carbonyl (C=O) groups excluding carboxylic acids is 4. The number of nitrogens with one attached hydrogen (secondary N) is 2. The van der Waals surface area contributed by atoms with Crippen LogP contribution in [0.15, 0.2) is 54.6 Å². The number of amides is 3. The summed E-state index contributed by atoms with van der Waals surface area (Å²) in [7, 11) is 0. The maximum Gasteiger partial charge on any atom is 0.408 e. The van der Waals surface area contributed by atoms with Crippen molar-refractivity contribution in [2.75, 3.05) is 0 Å². The molecule has 2 aromatic rings. The number of alkyl carbamates (subject to hydrolysis) is 1. The van der Waals surface area contributed by atoms with Crippen molar-refractivity contribution >= 4 is 23.9 Å². The molecule has 49 heavy (non-hydrogen) atoms. The van der Waals surface area contributed by atoms with Crippen molar-refractivity contribution in [1.82, 2.24) is 15.5 Å². The largest absolute Gasteiger partial charge is 0.458 e.